The first-order valence-corrected chi connectivity index (χ1v) is 7.30. The van der Waals surface area contributed by atoms with Gasteiger partial charge in [-0.05, 0) is 54.8 Å². The molecule has 2 rings (SSSR count). The maximum atomic E-state index is 13.7. The lowest BCUT2D eigenvalue weighted by Crippen LogP contribution is -1.85. The van der Waals surface area contributed by atoms with Gasteiger partial charge in [-0.2, -0.15) is 5.26 Å². The van der Waals surface area contributed by atoms with Crippen LogP contribution < -0.4 is 0 Å². The monoisotopic (exact) mass is 307 g/mol. The topological polar surface area (TPSA) is 23.8 Å². The lowest BCUT2D eigenvalue weighted by molar-refractivity contribution is 0.591. The Hall–Kier alpha value is -2.91. The second kappa shape index (κ2) is 7.92. The van der Waals surface area contributed by atoms with Gasteiger partial charge >= 0.3 is 0 Å². The van der Waals surface area contributed by atoms with Crippen LogP contribution in [0.4, 0.5) is 8.78 Å². The summed E-state index contributed by atoms with van der Waals surface area (Å²) in [5.41, 5.74) is 1.98. The highest BCUT2D eigenvalue weighted by Gasteiger charge is 2.00. The largest absolute Gasteiger partial charge is 0.212 e. The van der Waals surface area contributed by atoms with Crippen molar-refractivity contribution < 1.29 is 8.78 Å². The highest BCUT2D eigenvalue weighted by Crippen LogP contribution is 2.14. The smallest absolute Gasteiger partial charge is 0.140 e. The summed E-state index contributed by atoms with van der Waals surface area (Å²) in [7, 11) is 0. The first-order valence-electron chi connectivity index (χ1n) is 7.30. The van der Waals surface area contributed by atoms with Crippen LogP contribution in [0.1, 0.15) is 42.0 Å². The third-order valence-corrected chi connectivity index (χ3v) is 3.16. The Balaban J connectivity index is 2.16. The first kappa shape index (κ1) is 16.5. The molecule has 0 amide bonds. The summed E-state index contributed by atoms with van der Waals surface area (Å²) < 4.78 is 27.2. The standard InChI is InChI=1S/C20H15F2N/c1-2-3-19(21)12-16-6-4-15(5-7-16)8-10-18-11-9-17(14-23)13-20(18)22/h4-7,9,11-13H,2-3H2,1H3/b19-12+. The van der Waals surface area contributed by atoms with Crippen molar-refractivity contribution in [3.63, 3.8) is 0 Å². The Labute approximate surface area is 134 Å². The molecule has 0 saturated heterocycles. The van der Waals surface area contributed by atoms with E-state index in [0.717, 1.165) is 18.1 Å². The summed E-state index contributed by atoms with van der Waals surface area (Å²) in [4.78, 5) is 0. The third kappa shape index (κ3) is 4.80. The van der Waals surface area contributed by atoms with Gasteiger partial charge < -0.3 is 0 Å². The van der Waals surface area contributed by atoms with Gasteiger partial charge in [0.15, 0.2) is 0 Å². The molecule has 0 aliphatic carbocycles. The summed E-state index contributed by atoms with van der Waals surface area (Å²) in [5.74, 6) is 4.93. The van der Waals surface area contributed by atoms with Gasteiger partial charge in [0.05, 0.1) is 17.2 Å². The Kier molecular flexibility index (Phi) is 5.67. The Morgan fingerprint density at radius 2 is 1.78 bits per heavy atom. The molecule has 0 radical (unpaired) electrons. The average Bonchev–Trinajstić information content (AvgIpc) is 2.55. The summed E-state index contributed by atoms with van der Waals surface area (Å²) in [6.45, 7) is 1.92. The zero-order valence-electron chi connectivity index (χ0n) is 12.7. The Morgan fingerprint density at radius 3 is 2.39 bits per heavy atom. The lowest BCUT2D eigenvalue weighted by atomic mass is 10.1. The minimum Gasteiger partial charge on any atom is -0.212 e. The van der Waals surface area contributed by atoms with Gasteiger partial charge in [0.25, 0.3) is 0 Å². The zero-order valence-corrected chi connectivity index (χ0v) is 12.7. The first-order chi connectivity index (χ1) is 11.1. The van der Waals surface area contributed by atoms with E-state index in [9.17, 15) is 8.78 Å². The van der Waals surface area contributed by atoms with Crippen molar-refractivity contribution in [2.75, 3.05) is 0 Å². The molecule has 0 aliphatic heterocycles. The molecule has 0 atom stereocenters. The summed E-state index contributed by atoms with van der Waals surface area (Å²) in [5, 5.41) is 8.70. The van der Waals surface area contributed by atoms with Crippen molar-refractivity contribution in [1.29, 1.82) is 5.26 Å². The number of hydrogen-bond acceptors (Lipinski definition) is 1. The SMILES string of the molecule is CCC/C(F)=C\c1ccc(C#Cc2ccc(C#N)cc2F)cc1. The Bertz CT molecular complexity index is 815. The number of hydrogen-bond donors (Lipinski definition) is 0. The van der Waals surface area contributed by atoms with Crippen LogP contribution in [0.2, 0.25) is 0 Å². The molecule has 0 unspecified atom stereocenters. The third-order valence-electron chi connectivity index (χ3n) is 3.16. The molecule has 0 fully saturated rings. The number of allylic oxidation sites excluding steroid dienone is 1. The molecule has 0 aromatic heterocycles. The number of halogens is 2. The summed E-state index contributed by atoms with van der Waals surface area (Å²) >= 11 is 0. The lowest BCUT2D eigenvalue weighted by Gasteiger charge is -1.97. The van der Waals surface area contributed by atoms with E-state index in [4.69, 9.17) is 5.26 Å². The van der Waals surface area contributed by atoms with E-state index in [1.807, 2.05) is 13.0 Å². The highest BCUT2D eigenvalue weighted by molar-refractivity contribution is 5.54. The molecule has 2 aromatic carbocycles. The minimum atomic E-state index is -0.516. The number of nitrogens with zero attached hydrogens (tertiary/aromatic N) is 1. The van der Waals surface area contributed by atoms with Gasteiger partial charge in [0.1, 0.15) is 11.6 Å². The molecular formula is C20H15F2N. The molecule has 114 valence electrons. The molecule has 3 heteroatoms. The number of nitriles is 1. The molecule has 23 heavy (non-hydrogen) atoms. The summed E-state index contributed by atoms with van der Waals surface area (Å²) in [6.07, 6.45) is 2.70. The predicted octanol–water partition coefficient (Wildman–Crippen LogP) is 5.21. The minimum absolute atomic E-state index is 0.147. The summed E-state index contributed by atoms with van der Waals surface area (Å²) in [6, 6.07) is 13.1. The van der Waals surface area contributed by atoms with Crippen molar-refractivity contribution in [2.45, 2.75) is 19.8 Å². The van der Waals surface area contributed by atoms with Crippen LogP contribution >= 0.6 is 0 Å². The Morgan fingerprint density at radius 1 is 1.09 bits per heavy atom. The van der Waals surface area contributed by atoms with Crippen LogP contribution in [0.25, 0.3) is 6.08 Å². The van der Waals surface area contributed by atoms with Crippen LogP contribution in [0, 0.1) is 29.0 Å². The number of benzene rings is 2. The van der Waals surface area contributed by atoms with Gasteiger partial charge in [-0.25, -0.2) is 8.78 Å². The van der Waals surface area contributed by atoms with E-state index in [1.165, 1.54) is 18.2 Å². The van der Waals surface area contributed by atoms with Crippen LogP contribution in [0.3, 0.4) is 0 Å². The molecule has 0 aliphatic rings. The molecule has 0 spiro atoms. The maximum absolute atomic E-state index is 13.7. The van der Waals surface area contributed by atoms with Crippen molar-refractivity contribution in [2.24, 2.45) is 0 Å². The normalized spacial score (nSPS) is 10.6. The van der Waals surface area contributed by atoms with Gasteiger partial charge in [0, 0.05) is 5.56 Å². The fourth-order valence-corrected chi connectivity index (χ4v) is 1.98. The molecule has 2 aromatic rings. The van der Waals surface area contributed by atoms with Crippen LogP contribution in [-0.2, 0) is 0 Å². The average molecular weight is 307 g/mol. The fraction of sp³-hybridized carbons (Fsp3) is 0.150. The zero-order chi connectivity index (χ0) is 16.7. The van der Waals surface area contributed by atoms with Gasteiger partial charge in [-0.3, -0.25) is 0 Å². The molecular weight excluding hydrogens is 292 g/mol. The van der Waals surface area contributed by atoms with Crippen LogP contribution in [0.5, 0.6) is 0 Å². The second-order valence-electron chi connectivity index (χ2n) is 5.02. The van der Waals surface area contributed by atoms with Gasteiger partial charge in [-0.1, -0.05) is 30.9 Å². The van der Waals surface area contributed by atoms with Crippen molar-refractivity contribution in [1.82, 2.24) is 0 Å². The van der Waals surface area contributed by atoms with Gasteiger partial charge in [0.2, 0.25) is 0 Å². The molecule has 0 bridgehead atoms. The molecule has 0 saturated carbocycles. The van der Waals surface area contributed by atoms with Crippen LogP contribution in [-0.4, -0.2) is 0 Å². The van der Waals surface area contributed by atoms with Crippen molar-refractivity contribution in [3.05, 3.63) is 76.4 Å². The number of rotatable bonds is 3. The highest BCUT2D eigenvalue weighted by atomic mass is 19.1. The molecule has 0 heterocycles. The van der Waals surface area contributed by atoms with Gasteiger partial charge in [-0.15, -0.1) is 0 Å². The van der Waals surface area contributed by atoms with E-state index in [0.29, 0.717) is 12.0 Å². The van der Waals surface area contributed by atoms with E-state index < -0.39 is 5.82 Å². The van der Waals surface area contributed by atoms with E-state index in [2.05, 4.69) is 11.8 Å². The fourth-order valence-electron chi connectivity index (χ4n) is 1.98. The van der Waals surface area contributed by atoms with E-state index >= 15 is 0 Å². The van der Waals surface area contributed by atoms with Crippen molar-refractivity contribution in [3.8, 4) is 17.9 Å². The quantitative estimate of drug-likeness (QED) is 0.714. The van der Waals surface area contributed by atoms with E-state index in [1.54, 1.807) is 24.3 Å². The maximum Gasteiger partial charge on any atom is 0.140 e. The van der Waals surface area contributed by atoms with Crippen LogP contribution in [0.15, 0.2) is 48.3 Å². The molecule has 1 nitrogen and oxygen atoms in total. The second-order valence-corrected chi connectivity index (χ2v) is 5.02. The molecule has 0 N–H and O–H groups in total. The van der Waals surface area contributed by atoms with E-state index in [-0.39, 0.29) is 17.0 Å². The van der Waals surface area contributed by atoms with Crippen molar-refractivity contribution >= 4 is 6.08 Å². The predicted molar refractivity (Wildman–Crippen MR) is 87.5 cm³/mol.